The van der Waals surface area contributed by atoms with Crippen LogP contribution >= 0.6 is 0 Å². The van der Waals surface area contributed by atoms with Crippen LogP contribution in [0, 0.1) is 0 Å². The highest BCUT2D eigenvalue weighted by molar-refractivity contribution is 5.93. The molecular weight excluding hydrogens is 544 g/mol. The summed E-state index contributed by atoms with van der Waals surface area (Å²) in [5.74, 6) is 0.0272. The number of benzene rings is 2. The fourth-order valence-electron chi connectivity index (χ4n) is 6.09. The zero-order valence-corrected chi connectivity index (χ0v) is 25.2. The van der Waals surface area contributed by atoms with Gasteiger partial charge >= 0.3 is 0 Å². The van der Waals surface area contributed by atoms with Crippen molar-refractivity contribution in [2.75, 3.05) is 57.7 Å². The Morgan fingerprint density at radius 3 is 2.33 bits per heavy atom. The molecule has 0 radical (unpaired) electrons. The van der Waals surface area contributed by atoms with Gasteiger partial charge in [-0.3, -0.25) is 19.0 Å². The summed E-state index contributed by atoms with van der Waals surface area (Å²) in [6, 6.07) is 15.1. The molecule has 2 saturated heterocycles. The maximum absolute atomic E-state index is 13.3. The van der Waals surface area contributed by atoms with Crippen molar-refractivity contribution in [2.24, 2.45) is 0 Å². The van der Waals surface area contributed by atoms with E-state index < -0.39 is 5.60 Å². The molecule has 0 bridgehead atoms. The Kier molecular flexibility index (Phi) is 10.2. The number of nitrogens with one attached hydrogen (secondary N) is 1. The van der Waals surface area contributed by atoms with Crippen LogP contribution in [0.5, 0.6) is 0 Å². The average Bonchev–Trinajstić information content (AvgIpc) is 3.02. The number of carbonyl (C=O) groups excluding carboxylic acids is 2. The summed E-state index contributed by atoms with van der Waals surface area (Å²) in [4.78, 5) is 49.7. The predicted octanol–water partition coefficient (Wildman–Crippen LogP) is 2.74. The molecule has 2 aliphatic rings. The molecule has 0 atom stereocenters. The van der Waals surface area contributed by atoms with E-state index >= 15 is 0 Å². The van der Waals surface area contributed by atoms with Crippen LogP contribution in [-0.2, 0) is 22.6 Å². The molecule has 3 aromatic rings. The molecule has 10 heteroatoms. The van der Waals surface area contributed by atoms with E-state index in [4.69, 9.17) is 0 Å². The molecule has 2 amide bonds. The van der Waals surface area contributed by atoms with Crippen LogP contribution in [0.1, 0.15) is 44.6 Å². The van der Waals surface area contributed by atoms with Crippen LogP contribution in [-0.4, -0.2) is 99.1 Å². The van der Waals surface area contributed by atoms with Crippen LogP contribution in [0.3, 0.4) is 0 Å². The van der Waals surface area contributed by atoms with Crippen molar-refractivity contribution in [3.63, 3.8) is 0 Å². The highest BCUT2D eigenvalue weighted by atomic mass is 16.3. The summed E-state index contributed by atoms with van der Waals surface area (Å²) in [6.45, 7) is 9.16. The van der Waals surface area contributed by atoms with Gasteiger partial charge < -0.3 is 25.1 Å². The first-order valence-corrected chi connectivity index (χ1v) is 15.6. The number of likely N-dealkylation sites (tertiary alicyclic amines) is 1. The molecule has 1 aromatic heterocycles. The smallest absolute Gasteiger partial charge is 0.261 e. The van der Waals surface area contributed by atoms with Crippen LogP contribution in [0.25, 0.3) is 10.9 Å². The highest BCUT2D eigenvalue weighted by Crippen LogP contribution is 2.25. The first-order valence-electron chi connectivity index (χ1n) is 15.6. The van der Waals surface area contributed by atoms with E-state index in [1.54, 1.807) is 18.2 Å². The van der Waals surface area contributed by atoms with Gasteiger partial charge in [-0.25, -0.2) is 4.98 Å². The monoisotopic (exact) mass is 588 g/mol. The summed E-state index contributed by atoms with van der Waals surface area (Å²) < 4.78 is 1.45. The second-order valence-corrected chi connectivity index (χ2v) is 12.0. The molecule has 0 saturated carbocycles. The summed E-state index contributed by atoms with van der Waals surface area (Å²) in [5, 5.41) is 14.7. The van der Waals surface area contributed by atoms with Gasteiger partial charge in [0.1, 0.15) is 0 Å². The fraction of sp³-hybridized carbons (Fsp3) is 0.515. The van der Waals surface area contributed by atoms with E-state index in [9.17, 15) is 19.5 Å². The molecule has 3 heterocycles. The SMILES string of the molecule is CCCN1CCN(CCC(=O)Nc2ccc3c(=O)n(CC4(O)CCN(C(=O)CCc5ccccc5)CC4)cnc3c2)CC1. The van der Waals surface area contributed by atoms with Crippen molar-refractivity contribution in [2.45, 2.75) is 57.6 Å². The van der Waals surface area contributed by atoms with Crippen molar-refractivity contribution < 1.29 is 14.7 Å². The van der Waals surface area contributed by atoms with Crippen LogP contribution < -0.4 is 10.9 Å². The van der Waals surface area contributed by atoms with Gasteiger partial charge in [0, 0.05) is 64.3 Å². The minimum absolute atomic E-state index is 0.0595. The van der Waals surface area contributed by atoms with E-state index in [1.807, 2.05) is 35.2 Å². The number of piperidine rings is 1. The van der Waals surface area contributed by atoms with E-state index in [1.165, 1.54) is 10.9 Å². The number of piperazine rings is 1. The predicted molar refractivity (Wildman–Crippen MR) is 168 cm³/mol. The molecule has 2 N–H and O–H groups in total. The number of carbonyl (C=O) groups is 2. The first kappa shape index (κ1) is 30.8. The summed E-state index contributed by atoms with van der Waals surface area (Å²) >= 11 is 0. The number of aromatic nitrogens is 2. The van der Waals surface area contributed by atoms with Crippen LogP contribution in [0.2, 0.25) is 0 Å². The molecule has 2 aliphatic heterocycles. The molecule has 10 nitrogen and oxygen atoms in total. The minimum Gasteiger partial charge on any atom is -0.388 e. The average molecular weight is 589 g/mol. The van der Waals surface area contributed by atoms with Crippen molar-refractivity contribution in [1.82, 2.24) is 24.3 Å². The lowest BCUT2D eigenvalue weighted by molar-refractivity contribution is -0.135. The van der Waals surface area contributed by atoms with Gasteiger partial charge in [0.05, 0.1) is 29.4 Å². The molecular formula is C33H44N6O4. The third-order valence-corrected chi connectivity index (χ3v) is 8.75. The number of nitrogens with zero attached hydrogens (tertiary/aromatic N) is 5. The number of anilines is 1. The molecule has 2 aromatic carbocycles. The minimum atomic E-state index is -1.09. The Labute approximate surface area is 253 Å². The number of fused-ring (bicyclic) bond motifs is 1. The van der Waals surface area contributed by atoms with Gasteiger partial charge in [-0.05, 0) is 56.0 Å². The Hall–Kier alpha value is -3.60. The van der Waals surface area contributed by atoms with Gasteiger partial charge in [-0.2, -0.15) is 0 Å². The zero-order chi connectivity index (χ0) is 30.2. The van der Waals surface area contributed by atoms with E-state index in [0.717, 1.165) is 51.3 Å². The molecule has 0 aliphatic carbocycles. The number of amides is 2. The summed E-state index contributed by atoms with van der Waals surface area (Å²) in [5.41, 5.74) is 0.912. The van der Waals surface area contributed by atoms with Gasteiger partial charge in [0.2, 0.25) is 11.8 Å². The first-order chi connectivity index (χ1) is 20.8. The van der Waals surface area contributed by atoms with Gasteiger partial charge in [0.15, 0.2) is 0 Å². The van der Waals surface area contributed by atoms with Gasteiger partial charge in [-0.1, -0.05) is 37.3 Å². The zero-order valence-electron chi connectivity index (χ0n) is 25.2. The lowest BCUT2D eigenvalue weighted by Crippen LogP contribution is -2.49. The largest absolute Gasteiger partial charge is 0.388 e. The van der Waals surface area contributed by atoms with E-state index in [2.05, 4.69) is 27.0 Å². The molecule has 0 spiro atoms. The number of aryl methyl sites for hydroxylation is 1. The maximum atomic E-state index is 13.3. The van der Waals surface area contributed by atoms with Crippen molar-refractivity contribution in [3.05, 3.63) is 70.8 Å². The molecule has 0 unspecified atom stereocenters. The lowest BCUT2D eigenvalue weighted by atomic mass is 9.91. The maximum Gasteiger partial charge on any atom is 0.261 e. The number of rotatable bonds is 11. The van der Waals surface area contributed by atoms with Crippen LogP contribution in [0.4, 0.5) is 5.69 Å². The number of aliphatic hydroxyl groups is 1. The van der Waals surface area contributed by atoms with Crippen molar-refractivity contribution >= 4 is 28.4 Å². The third-order valence-electron chi connectivity index (χ3n) is 8.75. The van der Waals surface area contributed by atoms with Crippen LogP contribution in [0.15, 0.2) is 59.7 Å². The van der Waals surface area contributed by atoms with Gasteiger partial charge in [0.25, 0.3) is 5.56 Å². The molecule has 5 rings (SSSR count). The third kappa shape index (κ3) is 8.28. The number of hydrogen-bond donors (Lipinski definition) is 2. The molecule has 43 heavy (non-hydrogen) atoms. The summed E-state index contributed by atoms with van der Waals surface area (Å²) in [7, 11) is 0. The number of hydrogen-bond acceptors (Lipinski definition) is 7. The Morgan fingerprint density at radius 2 is 1.63 bits per heavy atom. The van der Waals surface area contributed by atoms with E-state index in [-0.39, 0.29) is 23.9 Å². The van der Waals surface area contributed by atoms with Crippen molar-refractivity contribution in [1.29, 1.82) is 0 Å². The highest BCUT2D eigenvalue weighted by Gasteiger charge is 2.34. The van der Waals surface area contributed by atoms with Crippen molar-refractivity contribution in [3.8, 4) is 0 Å². The lowest BCUT2D eigenvalue weighted by Gasteiger charge is -2.38. The second-order valence-electron chi connectivity index (χ2n) is 12.0. The fourth-order valence-corrected chi connectivity index (χ4v) is 6.09. The standard InChI is InChI=1S/C33H44N6O4/c1-2-15-36-19-21-37(22-20-36)16-12-30(40)35-27-9-10-28-29(23-27)34-25-39(32(28)42)24-33(43)13-17-38(18-14-33)31(41)11-8-26-6-4-3-5-7-26/h3-7,9-10,23,25,43H,2,8,11-22,24H2,1H3,(H,35,40). The normalized spacial score (nSPS) is 17.7. The quantitative estimate of drug-likeness (QED) is 0.354. The second kappa shape index (κ2) is 14.2. The summed E-state index contributed by atoms with van der Waals surface area (Å²) in [6.07, 6.45) is 4.97. The Balaban J connectivity index is 1.11. The molecule has 230 valence electrons. The Bertz CT molecular complexity index is 1440. The van der Waals surface area contributed by atoms with E-state index in [0.29, 0.717) is 61.8 Å². The topological polar surface area (TPSA) is 111 Å². The van der Waals surface area contributed by atoms with Gasteiger partial charge in [-0.15, -0.1) is 0 Å². The Morgan fingerprint density at radius 1 is 0.930 bits per heavy atom. The molecule has 2 fully saturated rings.